The Kier molecular flexibility index (Phi) is 10.5. The van der Waals surface area contributed by atoms with Crippen LogP contribution in [0.1, 0.15) is 50.0 Å². The highest BCUT2D eigenvalue weighted by Crippen LogP contribution is 2.37. The minimum absolute atomic E-state index is 0.267. The maximum Gasteiger partial charge on any atom is 0.234 e. The highest BCUT2D eigenvalue weighted by atomic mass is 32.1. The van der Waals surface area contributed by atoms with Crippen molar-refractivity contribution >= 4 is 50.9 Å². The van der Waals surface area contributed by atoms with Crippen LogP contribution < -0.4 is 20.4 Å². The molecule has 16 heteroatoms. The van der Waals surface area contributed by atoms with E-state index in [9.17, 15) is 9.59 Å². The topological polar surface area (TPSA) is 137 Å². The average Bonchev–Trinajstić information content (AvgIpc) is 3.90. The van der Waals surface area contributed by atoms with Crippen LogP contribution in [0.15, 0.2) is 54.9 Å². The number of hydrogen-bond acceptors (Lipinski definition) is 12. The van der Waals surface area contributed by atoms with Crippen molar-refractivity contribution in [3.05, 3.63) is 77.7 Å². The summed E-state index contributed by atoms with van der Waals surface area (Å²) in [7, 11) is 0. The van der Waals surface area contributed by atoms with Crippen LogP contribution in [0.4, 0.5) is 26.6 Å². The van der Waals surface area contributed by atoms with Crippen LogP contribution in [0.3, 0.4) is 0 Å². The molecule has 9 rings (SSSR count). The number of nitrogens with zero attached hydrogens (tertiary/aromatic N) is 9. The second-order valence-electron chi connectivity index (χ2n) is 15.3. The van der Waals surface area contributed by atoms with Crippen LogP contribution in [0, 0.1) is 18.3 Å². The van der Waals surface area contributed by atoms with Gasteiger partial charge in [-0.3, -0.25) is 24.8 Å². The molecule has 0 aliphatic carbocycles. The third kappa shape index (κ3) is 7.92. The molecule has 0 spiro atoms. The first-order valence-electron chi connectivity index (χ1n) is 19.8. The number of carbonyl (C=O) groups is 2. The van der Waals surface area contributed by atoms with Crippen molar-refractivity contribution in [3.63, 3.8) is 0 Å². The third-order valence-electron chi connectivity index (χ3n) is 11.7. The fourth-order valence-electron chi connectivity index (χ4n) is 8.49. The second kappa shape index (κ2) is 16.2. The van der Waals surface area contributed by atoms with E-state index in [1.807, 2.05) is 35.0 Å². The number of amides is 2. The molecule has 8 heterocycles. The molecule has 2 N–H and O–H groups in total. The van der Waals surface area contributed by atoms with Gasteiger partial charge in [-0.1, -0.05) is 17.4 Å². The zero-order valence-electron chi connectivity index (χ0n) is 31.6. The summed E-state index contributed by atoms with van der Waals surface area (Å²) in [6, 6.07) is 13.2. The molecule has 4 saturated heterocycles. The van der Waals surface area contributed by atoms with Gasteiger partial charge in [0, 0.05) is 83.4 Å². The Morgan fingerprint density at radius 1 is 0.930 bits per heavy atom. The lowest BCUT2D eigenvalue weighted by molar-refractivity contribution is -0.134. The van der Waals surface area contributed by atoms with Crippen molar-refractivity contribution in [1.82, 2.24) is 35.0 Å². The van der Waals surface area contributed by atoms with E-state index in [2.05, 4.69) is 51.5 Å². The number of piperazine rings is 1. The highest BCUT2D eigenvalue weighted by Gasteiger charge is 2.30. The predicted molar refractivity (Wildman–Crippen MR) is 216 cm³/mol. The highest BCUT2D eigenvalue weighted by molar-refractivity contribution is 7.18. The second-order valence-corrected chi connectivity index (χ2v) is 16.3. The Balaban J connectivity index is 0.815. The van der Waals surface area contributed by atoms with E-state index in [1.54, 1.807) is 23.6 Å². The summed E-state index contributed by atoms with van der Waals surface area (Å²) in [5.41, 5.74) is 6.02. The molecule has 294 valence electrons. The molecule has 57 heavy (non-hydrogen) atoms. The quantitative estimate of drug-likeness (QED) is 0.140. The van der Waals surface area contributed by atoms with Crippen molar-refractivity contribution in [2.75, 3.05) is 74.1 Å². The minimum Gasteiger partial charge on any atom is -0.381 e. The Bertz CT molecular complexity index is 2320. The van der Waals surface area contributed by atoms with Gasteiger partial charge < -0.3 is 19.9 Å². The molecule has 2 amide bonds. The number of anilines is 3. The number of carbonyl (C=O) groups excluding carboxylic acids is 2. The number of aromatic nitrogens is 5. The Morgan fingerprint density at radius 2 is 1.75 bits per heavy atom. The molecular weight excluding hydrogens is 746 g/mol. The van der Waals surface area contributed by atoms with Crippen molar-refractivity contribution < 1.29 is 18.7 Å². The van der Waals surface area contributed by atoms with E-state index in [1.165, 1.54) is 6.07 Å². The summed E-state index contributed by atoms with van der Waals surface area (Å²) >= 11 is 1.59. The molecule has 0 bridgehead atoms. The third-order valence-corrected chi connectivity index (χ3v) is 12.8. The molecule has 0 saturated carbocycles. The zero-order chi connectivity index (χ0) is 38.9. The lowest BCUT2D eigenvalue weighted by Gasteiger charge is -2.39. The fraction of sp³-hybridized carbons (Fsp3) is 0.439. The maximum atomic E-state index is 15.3. The Labute approximate surface area is 333 Å². The van der Waals surface area contributed by atoms with E-state index in [-0.39, 0.29) is 30.1 Å². The van der Waals surface area contributed by atoms with E-state index in [0.717, 1.165) is 123 Å². The first-order chi connectivity index (χ1) is 27.9. The van der Waals surface area contributed by atoms with Gasteiger partial charge in [-0.15, -0.1) is 10.2 Å². The predicted octanol–water partition coefficient (Wildman–Crippen LogP) is 5.75. The number of imide groups is 1. The van der Waals surface area contributed by atoms with Crippen molar-refractivity contribution in [3.8, 4) is 22.0 Å². The maximum absolute atomic E-state index is 15.3. The van der Waals surface area contributed by atoms with Gasteiger partial charge in [0.15, 0.2) is 5.01 Å². The van der Waals surface area contributed by atoms with Crippen molar-refractivity contribution in [2.45, 2.75) is 50.5 Å². The van der Waals surface area contributed by atoms with Crippen LogP contribution in [-0.2, 0) is 14.3 Å². The number of hydrogen-bond donors (Lipinski definition) is 2. The van der Waals surface area contributed by atoms with Crippen molar-refractivity contribution in [2.24, 2.45) is 5.92 Å². The van der Waals surface area contributed by atoms with E-state index in [4.69, 9.17) is 16.3 Å². The number of fused-ring (bicyclic) bond motifs is 1. The first kappa shape index (κ1) is 37.1. The molecule has 1 aromatic carbocycles. The molecule has 4 fully saturated rings. The lowest BCUT2D eigenvalue weighted by Crippen LogP contribution is -2.49. The van der Waals surface area contributed by atoms with Crippen LogP contribution in [0.2, 0.25) is 0 Å². The van der Waals surface area contributed by atoms with Gasteiger partial charge in [-0.05, 0) is 80.0 Å². The normalized spacial score (nSPS) is 20.2. The van der Waals surface area contributed by atoms with Gasteiger partial charge in [-0.25, -0.2) is 13.8 Å². The van der Waals surface area contributed by atoms with Crippen LogP contribution in [0.5, 0.6) is 0 Å². The van der Waals surface area contributed by atoms with Crippen LogP contribution >= 0.6 is 11.3 Å². The molecule has 14 nitrogen and oxygen atoms in total. The summed E-state index contributed by atoms with van der Waals surface area (Å²) in [5.74, 6) is -0.876. The van der Waals surface area contributed by atoms with Gasteiger partial charge >= 0.3 is 0 Å². The standard InChI is InChI=1S/C41H44FN11O3S/c1-43-29-21-30-3-6-37(53(30)45-23-29)35-22-34(46-28-10-18-56-19-11-28)32(24-44-35)40-48-49-41(57-40)52-16-14-50(15-17-52)25-26-8-12-51(13-9-26)36-5-2-27(20-33(36)42)31-4-7-38(54)47-39(31)55/h2-3,5-6,20-24,26,28,31H,4,7-19,25H2,(H,44,46)(H,47,54,55)/t31-/m1/s1. The number of pyridine rings is 1. The summed E-state index contributed by atoms with van der Waals surface area (Å²) in [6.45, 7) is 15.0. The van der Waals surface area contributed by atoms with Crippen molar-refractivity contribution in [1.29, 1.82) is 0 Å². The van der Waals surface area contributed by atoms with E-state index in [0.29, 0.717) is 29.3 Å². The average molecular weight is 790 g/mol. The molecule has 5 aromatic rings. The van der Waals surface area contributed by atoms with Gasteiger partial charge in [-0.2, -0.15) is 5.10 Å². The zero-order valence-corrected chi connectivity index (χ0v) is 32.4. The molecule has 0 radical (unpaired) electrons. The number of benzene rings is 1. The van der Waals surface area contributed by atoms with Gasteiger partial charge in [0.05, 0.1) is 46.8 Å². The summed E-state index contributed by atoms with van der Waals surface area (Å²) in [6.07, 6.45) is 7.95. The fourth-order valence-corrected chi connectivity index (χ4v) is 9.41. The Hall–Kier alpha value is -5.50. The van der Waals surface area contributed by atoms with Gasteiger partial charge in [0.2, 0.25) is 22.6 Å². The Morgan fingerprint density at radius 3 is 2.53 bits per heavy atom. The van der Waals surface area contributed by atoms with E-state index < -0.39 is 5.92 Å². The molecule has 4 aromatic heterocycles. The van der Waals surface area contributed by atoms with Crippen LogP contribution in [-0.4, -0.2) is 107 Å². The molecule has 4 aliphatic heterocycles. The SMILES string of the molecule is [C-]#[N+]c1cnn2c(-c3cc(NC4CCOCC4)c(-c4nnc(N5CCN(CC6CCN(c7ccc([C@H]8CCC(=O)NC8=O)cc7F)CC6)CC5)s4)cn3)ccc2c1. The minimum atomic E-state index is -0.489. The number of ether oxygens (including phenoxy) is 1. The van der Waals surface area contributed by atoms with E-state index >= 15 is 4.39 Å². The first-order valence-corrected chi connectivity index (χ1v) is 20.6. The molecule has 0 unspecified atom stereocenters. The summed E-state index contributed by atoms with van der Waals surface area (Å²) in [4.78, 5) is 39.2. The summed E-state index contributed by atoms with van der Waals surface area (Å²) < 4.78 is 22.7. The lowest BCUT2D eigenvalue weighted by atomic mass is 9.90. The smallest absolute Gasteiger partial charge is 0.234 e. The monoisotopic (exact) mass is 789 g/mol. The summed E-state index contributed by atoms with van der Waals surface area (Å²) in [5, 5.41) is 21.7. The largest absolute Gasteiger partial charge is 0.381 e. The number of nitrogens with one attached hydrogen (secondary N) is 2. The molecule has 1 atom stereocenters. The molecular formula is C41H44FN11O3S. The van der Waals surface area contributed by atoms with Gasteiger partial charge in [0.1, 0.15) is 5.82 Å². The molecule has 4 aliphatic rings. The van der Waals surface area contributed by atoms with Crippen LogP contribution in [0.25, 0.3) is 32.3 Å². The number of rotatable bonds is 9. The number of halogens is 1. The number of piperidine rings is 2. The van der Waals surface area contributed by atoms with Gasteiger partial charge in [0.25, 0.3) is 0 Å².